The molecule has 1 atom stereocenters. The molecule has 2 N–H and O–H groups in total. The van der Waals surface area contributed by atoms with Crippen molar-refractivity contribution in [1.82, 2.24) is 0 Å². The molecule has 1 unspecified atom stereocenters. The Balaban J connectivity index is 2.12. The third kappa shape index (κ3) is 1.48. The third-order valence-corrected chi connectivity index (χ3v) is 1.46. The van der Waals surface area contributed by atoms with E-state index in [0.717, 1.165) is 0 Å². The second kappa shape index (κ2) is 2.31. The molecular formula is C6H12N. The zero-order valence-corrected chi connectivity index (χ0v) is 4.56. The van der Waals surface area contributed by atoms with Crippen molar-refractivity contribution in [2.75, 3.05) is 0 Å². The van der Waals surface area contributed by atoms with E-state index in [2.05, 4.69) is 6.42 Å². The molecule has 1 radical (unpaired) electrons. The van der Waals surface area contributed by atoms with Gasteiger partial charge < -0.3 is 5.73 Å². The summed E-state index contributed by atoms with van der Waals surface area (Å²) in [5, 5.41) is 0. The molecule has 1 fully saturated rings. The molecule has 1 rings (SSSR count). The monoisotopic (exact) mass is 98.1 g/mol. The zero-order valence-electron chi connectivity index (χ0n) is 4.56. The summed E-state index contributed by atoms with van der Waals surface area (Å²) in [6.07, 6.45) is 7.34. The van der Waals surface area contributed by atoms with Gasteiger partial charge in [0.05, 0.1) is 0 Å². The summed E-state index contributed by atoms with van der Waals surface area (Å²) in [6.45, 7) is 0. The molecule has 1 aliphatic rings. The summed E-state index contributed by atoms with van der Waals surface area (Å²) in [6, 6.07) is 0.411. The number of nitrogens with two attached hydrogens (primary N) is 1. The van der Waals surface area contributed by atoms with Gasteiger partial charge in [-0.25, -0.2) is 0 Å². The second-order valence-corrected chi connectivity index (χ2v) is 2.18. The minimum absolute atomic E-state index is 0.411. The minimum Gasteiger partial charge on any atom is -0.327 e. The molecule has 1 nitrogen and oxygen atoms in total. The van der Waals surface area contributed by atoms with E-state index in [1.165, 1.54) is 25.7 Å². The molecular weight excluding hydrogens is 86.1 g/mol. The Morgan fingerprint density at radius 3 is 2.57 bits per heavy atom. The lowest BCUT2D eigenvalue weighted by molar-refractivity contribution is 0.530. The summed E-state index contributed by atoms with van der Waals surface area (Å²) in [4.78, 5) is 0. The van der Waals surface area contributed by atoms with E-state index >= 15 is 0 Å². The Hall–Kier alpha value is -0.0400. The van der Waals surface area contributed by atoms with Gasteiger partial charge in [-0.2, -0.15) is 0 Å². The molecule has 0 heterocycles. The molecule has 7 heavy (non-hydrogen) atoms. The van der Waals surface area contributed by atoms with Crippen molar-refractivity contribution >= 4 is 0 Å². The Labute approximate surface area is 44.9 Å². The highest BCUT2D eigenvalue weighted by atomic mass is 14.6. The number of rotatable bonds is 0. The lowest BCUT2D eigenvalue weighted by Crippen LogP contribution is -2.22. The molecule has 0 spiro atoms. The largest absolute Gasteiger partial charge is 0.327 e. The molecule has 41 valence electrons. The minimum atomic E-state index is 0.411. The fourth-order valence-electron chi connectivity index (χ4n) is 0.974. The van der Waals surface area contributed by atoms with Crippen molar-refractivity contribution in [3.63, 3.8) is 0 Å². The van der Waals surface area contributed by atoms with Crippen LogP contribution in [0.2, 0.25) is 0 Å². The van der Waals surface area contributed by atoms with Crippen LogP contribution < -0.4 is 5.73 Å². The van der Waals surface area contributed by atoms with Crippen LogP contribution in [0.5, 0.6) is 0 Å². The van der Waals surface area contributed by atoms with E-state index < -0.39 is 0 Å². The van der Waals surface area contributed by atoms with Gasteiger partial charge >= 0.3 is 0 Å². The average Bonchev–Trinajstić information content (AvgIpc) is 1.69. The van der Waals surface area contributed by atoms with Crippen molar-refractivity contribution < 1.29 is 0 Å². The van der Waals surface area contributed by atoms with Gasteiger partial charge in [0, 0.05) is 6.04 Å². The van der Waals surface area contributed by atoms with Gasteiger partial charge in [-0.05, 0) is 19.3 Å². The van der Waals surface area contributed by atoms with Crippen LogP contribution in [0, 0.1) is 6.42 Å². The Bertz CT molecular complexity index is 46.1. The summed E-state index contributed by atoms with van der Waals surface area (Å²) >= 11 is 0. The Morgan fingerprint density at radius 2 is 2.29 bits per heavy atom. The van der Waals surface area contributed by atoms with Crippen molar-refractivity contribution in [3.05, 3.63) is 6.42 Å². The summed E-state index contributed by atoms with van der Waals surface area (Å²) in [5.74, 6) is 0. The molecule has 1 saturated carbocycles. The van der Waals surface area contributed by atoms with Crippen LogP contribution in [0.25, 0.3) is 0 Å². The van der Waals surface area contributed by atoms with Gasteiger partial charge in [0.2, 0.25) is 0 Å². The fourth-order valence-corrected chi connectivity index (χ4v) is 0.974. The van der Waals surface area contributed by atoms with Crippen LogP contribution in [-0.4, -0.2) is 6.04 Å². The van der Waals surface area contributed by atoms with Crippen LogP contribution in [0.15, 0.2) is 0 Å². The van der Waals surface area contributed by atoms with Crippen LogP contribution in [0.3, 0.4) is 0 Å². The van der Waals surface area contributed by atoms with E-state index in [9.17, 15) is 0 Å². The molecule has 0 aliphatic heterocycles. The average molecular weight is 98.2 g/mol. The zero-order chi connectivity index (χ0) is 5.11. The van der Waals surface area contributed by atoms with E-state index in [-0.39, 0.29) is 0 Å². The van der Waals surface area contributed by atoms with E-state index in [1.54, 1.807) is 0 Å². The van der Waals surface area contributed by atoms with E-state index in [0.29, 0.717) is 6.04 Å². The highest BCUT2D eigenvalue weighted by Crippen LogP contribution is 2.13. The van der Waals surface area contributed by atoms with Crippen LogP contribution in [0.1, 0.15) is 25.7 Å². The second-order valence-electron chi connectivity index (χ2n) is 2.18. The quantitative estimate of drug-likeness (QED) is 0.482. The third-order valence-electron chi connectivity index (χ3n) is 1.46. The first-order valence-electron chi connectivity index (χ1n) is 2.98. The molecule has 1 aliphatic carbocycles. The van der Waals surface area contributed by atoms with Crippen molar-refractivity contribution in [3.8, 4) is 0 Å². The van der Waals surface area contributed by atoms with Crippen molar-refractivity contribution in [2.24, 2.45) is 5.73 Å². The van der Waals surface area contributed by atoms with Crippen molar-refractivity contribution in [1.29, 1.82) is 0 Å². The van der Waals surface area contributed by atoms with Crippen molar-refractivity contribution in [2.45, 2.75) is 31.7 Å². The van der Waals surface area contributed by atoms with Gasteiger partial charge in [-0.3, -0.25) is 0 Å². The summed E-state index contributed by atoms with van der Waals surface area (Å²) in [7, 11) is 0. The maximum Gasteiger partial charge on any atom is 0.00703 e. The van der Waals surface area contributed by atoms with Crippen LogP contribution in [0.4, 0.5) is 0 Å². The fraction of sp³-hybridized carbons (Fsp3) is 0.833. The standard InChI is InChI=1S/C6H12N/c7-6-4-2-1-3-5-6/h4,6H,1-3,5,7H2. The molecule has 0 amide bonds. The molecule has 0 aromatic rings. The van der Waals surface area contributed by atoms with Crippen LogP contribution in [-0.2, 0) is 0 Å². The molecule has 0 saturated heterocycles. The predicted octanol–water partition coefficient (Wildman–Crippen LogP) is 1.09. The molecule has 1 heteroatoms. The highest BCUT2D eigenvalue weighted by molar-refractivity contribution is 4.83. The normalized spacial score (nSPS) is 25.3. The van der Waals surface area contributed by atoms with Gasteiger partial charge in [0.1, 0.15) is 0 Å². The SMILES string of the molecule is NC1[CH]CCCC1. The maximum absolute atomic E-state index is 5.58. The lowest BCUT2D eigenvalue weighted by atomic mass is 9.97. The van der Waals surface area contributed by atoms with Gasteiger partial charge in [0.25, 0.3) is 0 Å². The smallest absolute Gasteiger partial charge is 0.00703 e. The molecule has 0 aromatic carbocycles. The lowest BCUT2D eigenvalue weighted by Gasteiger charge is -2.15. The first-order valence-corrected chi connectivity index (χ1v) is 2.98. The number of hydrogen-bond acceptors (Lipinski definition) is 1. The van der Waals surface area contributed by atoms with Gasteiger partial charge in [-0.15, -0.1) is 0 Å². The first-order chi connectivity index (χ1) is 3.39. The Morgan fingerprint density at radius 1 is 1.43 bits per heavy atom. The summed E-state index contributed by atoms with van der Waals surface area (Å²) < 4.78 is 0. The number of hydrogen-bond donors (Lipinski definition) is 1. The highest BCUT2D eigenvalue weighted by Gasteiger charge is 2.06. The predicted molar refractivity (Wildman–Crippen MR) is 30.7 cm³/mol. The van der Waals surface area contributed by atoms with E-state index in [1.807, 2.05) is 0 Å². The summed E-state index contributed by atoms with van der Waals surface area (Å²) in [5.41, 5.74) is 5.58. The van der Waals surface area contributed by atoms with Crippen LogP contribution >= 0.6 is 0 Å². The molecule has 0 bridgehead atoms. The maximum atomic E-state index is 5.58. The Kier molecular flexibility index (Phi) is 1.69. The molecule has 0 aromatic heterocycles. The van der Waals surface area contributed by atoms with Gasteiger partial charge in [0.15, 0.2) is 0 Å². The first kappa shape index (κ1) is 5.10. The van der Waals surface area contributed by atoms with Gasteiger partial charge in [-0.1, -0.05) is 12.8 Å². The topological polar surface area (TPSA) is 26.0 Å². The van der Waals surface area contributed by atoms with E-state index in [4.69, 9.17) is 5.73 Å².